The lowest BCUT2D eigenvalue weighted by atomic mass is 9.86. The molecule has 0 N–H and O–H groups in total. The monoisotopic (exact) mass is 393 g/mol. The molecule has 3 nitrogen and oxygen atoms in total. The summed E-state index contributed by atoms with van der Waals surface area (Å²) in [5, 5.41) is 0. The Hall–Kier alpha value is -1.16. The molecular weight excluding hydrogens is 365 g/mol. The summed E-state index contributed by atoms with van der Waals surface area (Å²) in [6.07, 6.45) is 11.8. The Morgan fingerprint density at radius 1 is 0.962 bits per heavy atom. The minimum absolute atomic E-state index is 0. The molecule has 0 atom stereocenters. The highest BCUT2D eigenvalue weighted by atomic mass is 35.5. The van der Waals surface area contributed by atoms with Crippen molar-refractivity contribution < 1.29 is 0 Å². The van der Waals surface area contributed by atoms with Crippen LogP contribution in [0.5, 0.6) is 0 Å². The first-order valence-corrected chi connectivity index (χ1v) is 9.40. The fraction of sp³-hybridized carbons (Fsp3) is 0.524. The second-order valence-corrected chi connectivity index (χ2v) is 7.44. The second kappa shape index (κ2) is 9.68. The van der Waals surface area contributed by atoms with Gasteiger partial charge in [0.1, 0.15) is 0 Å². The molecule has 0 radical (unpaired) electrons. The van der Waals surface area contributed by atoms with Gasteiger partial charge in [0.25, 0.3) is 0 Å². The second-order valence-electron chi connectivity index (χ2n) is 7.44. The van der Waals surface area contributed by atoms with E-state index in [2.05, 4.69) is 41.1 Å². The van der Waals surface area contributed by atoms with Crippen LogP contribution in [-0.2, 0) is 6.42 Å². The number of hydrogen-bond acceptors (Lipinski definition) is 3. The van der Waals surface area contributed by atoms with Crippen molar-refractivity contribution in [1.29, 1.82) is 0 Å². The molecule has 26 heavy (non-hydrogen) atoms. The zero-order valence-electron chi connectivity index (χ0n) is 15.4. The summed E-state index contributed by atoms with van der Waals surface area (Å²) < 4.78 is 0. The highest BCUT2D eigenvalue weighted by Crippen LogP contribution is 2.30. The number of halogens is 2. The van der Waals surface area contributed by atoms with E-state index in [1.165, 1.54) is 62.0 Å². The van der Waals surface area contributed by atoms with Crippen LogP contribution >= 0.6 is 24.8 Å². The minimum atomic E-state index is 0. The van der Waals surface area contributed by atoms with Crippen LogP contribution in [0.1, 0.15) is 43.5 Å². The van der Waals surface area contributed by atoms with Crippen molar-refractivity contribution >= 4 is 24.8 Å². The van der Waals surface area contributed by atoms with E-state index in [0.717, 1.165) is 24.1 Å². The van der Waals surface area contributed by atoms with Gasteiger partial charge < -0.3 is 4.90 Å². The standard InChI is InChI=1S/C21H27N3.2ClH/c1-16-21(18-7-11-22-12-8-18)6-5-19(23-16)15-17-9-13-24(14-10-17)20-3-2-4-20;;/h5-8,11-12,17,20H,2-4,9-10,13-15H2,1H3;2*1H. The molecule has 2 aromatic heterocycles. The lowest BCUT2D eigenvalue weighted by Crippen LogP contribution is -2.45. The van der Waals surface area contributed by atoms with Crippen molar-refractivity contribution in [2.75, 3.05) is 13.1 Å². The average molecular weight is 394 g/mol. The smallest absolute Gasteiger partial charge is 0.0454 e. The van der Waals surface area contributed by atoms with Crippen LogP contribution in [-0.4, -0.2) is 34.0 Å². The maximum atomic E-state index is 4.89. The highest BCUT2D eigenvalue weighted by Gasteiger charge is 2.28. The number of likely N-dealkylation sites (tertiary alicyclic amines) is 1. The maximum Gasteiger partial charge on any atom is 0.0454 e. The van der Waals surface area contributed by atoms with Crippen molar-refractivity contribution in [2.24, 2.45) is 5.92 Å². The van der Waals surface area contributed by atoms with E-state index in [0.29, 0.717) is 0 Å². The summed E-state index contributed by atoms with van der Waals surface area (Å²) in [7, 11) is 0. The van der Waals surface area contributed by atoms with Gasteiger partial charge in [-0.3, -0.25) is 9.97 Å². The summed E-state index contributed by atoms with van der Waals surface area (Å²) >= 11 is 0. The molecule has 1 saturated carbocycles. The van der Waals surface area contributed by atoms with Crippen LogP contribution in [0.15, 0.2) is 36.7 Å². The lowest BCUT2D eigenvalue weighted by Gasteiger charge is -2.41. The number of rotatable bonds is 4. The number of pyridine rings is 2. The van der Waals surface area contributed by atoms with E-state index >= 15 is 0 Å². The van der Waals surface area contributed by atoms with E-state index in [4.69, 9.17) is 4.98 Å². The van der Waals surface area contributed by atoms with Crippen molar-refractivity contribution in [2.45, 2.75) is 51.5 Å². The lowest BCUT2D eigenvalue weighted by molar-refractivity contribution is 0.0844. The molecule has 0 bridgehead atoms. The molecular formula is C21H29Cl2N3. The van der Waals surface area contributed by atoms with Crippen molar-refractivity contribution in [1.82, 2.24) is 14.9 Å². The molecule has 142 valence electrons. The Bertz CT molecular complexity index is 681. The van der Waals surface area contributed by atoms with Gasteiger partial charge in [-0.2, -0.15) is 0 Å². The number of piperidine rings is 1. The Balaban J connectivity index is 0.00000121. The zero-order chi connectivity index (χ0) is 16.4. The normalized spacial score (nSPS) is 18.5. The van der Waals surface area contributed by atoms with Gasteiger partial charge in [-0.1, -0.05) is 12.5 Å². The first-order valence-electron chi connectivity index (χ1n) is 9.40. The molecule has 5 heteroatoms. The van der Waals surface area contributed by atoms with Crippen LogP contribution in [0.25, 0.3) is 11.1 Å². The van der Waals surface area contributed by atoms with E-state index in [-0.39, 0.29) is 24.8 Å². The molecule has 0 unspecified atom stereocenters. The fourth-order valence-corrected chi connectivity index (χ4v) is 4.13. The van der Waals surface area contributed by atoms with Gasteiger partial charge in [0.05, 0.1) is 0 Å². The first-order chi connectivity index (χ1) is 11.8. The summed E-state index contributed by atoms with van der Waals surface area (Å²) in [6, 6.07) is 9.48. The fourth-order valence-electron chi connectivity index (χ4n) is 4.13. The summed E-state index contributed by atoms with van der Waals surface area (Å²) in [5.41, 5.74) is 4.81. The predicted molar refractivity (Wildman–Crippen MR) is 112 cm³/mol. The SMILES string of the molecule is Cc1nc(CC2CCN(C3CCC3)CC2)ccc1-c1ccncc1.Cl.Cl. The van der Waals surface area contributed by atoms with Gasteiger partial charge in [0.2, 0.25) is 0 Å². The van der Waals surface area contributed by atoms with Gasteiger partial charge in [0, 0.05) is 35.4 Å². The summed E-state index contributed by atoms with van der Waals surface area (Å²) in [6.45, 7) is 4.71. The molecule has 0 spiro atoms. The van der Waals surface area contributed by atoms with Gasteiger partial charge in [-0.05, 0) is 81.8 Å². The zero-order valence-corrected chi connectivity index (χ0v) is 17.1. The Morgan fingerprint density at radius 3 is 2.23 bits per heavy atom. The van der Waals surface area contributed by atoms with E-state index in [9.17, 15) is 0 Å². The largest absolute Gasteiger partial charge is 0.300 e. The highest BCUT2D eigenvalue weighted by molar-refractivity contribution is 5.85. The number of hydrogen-bond donors (Lipinski definition) is 0. The maximum absolute atomic E-state index is 4.89. The van der Waals surface area contributed by atoms with Gasteiger partial charge >= 0.3 is 0 Å². The van der Waals surface area contributed by atoms with Crippen molar-refractivity contribution in [3.8, 4) is 11.1 Å². The van der Waals surface area contributed by atoms with Gasteiger partial charge in [-0.25, -0.2) is 0 Å². The predicted octanol–water partition coefficient (Wildman–Crippen LogP) is 5.10. The van der Waals surface area contributed by atoms with E-state index in [1.807, 2.05) is 12.4 Å². The topological polar surface area (TPSA) is 29.0 Å². The minimum Gasteiger partial charge on any atom is -0.300 e. The number of aryl methyl sites for hydroxylation is 1. The average Bonchev–Trinajstić information content (AvgIpc) is 2.56. The van der Waals surface area contributed by atoms with Gasteiger partial charge in [-0.15, -0.1) is 24.8 Å². The van der Waals surface area contributed by atoms with Crippen molar-refractivity contribution in [3.05, 3.63) is 48.0 Å². The Kier molecular flexibility index (Phi) is 7.87. The van der Waals surface area contributed by atoms with Crippen LogP contribution in [0.3, 0.4) is 0 Å². The van der Waals surface area contributed by atoms with Crippen LogP contribution in [0.4, 0.5) is 0 Å². The van der Waals surface area contributed by atoms with E-state index in [1.54, 1.807) is 0 Å². The number of nitrogens with zero attached hydrogens (tertiary/aromatic N) is 3. The molecule has 1 saturated heterocycles. The number of aromatic nitrogens is 2. The van der Waals surface area contributed by atoms with Gasteiger partial charge in [0.15, 0.2) is 0 Å². The molecule has 0 amide bonds. The van der Waals surface area contributed by atoms with Crippen molar-refractivity contribution in [3.63, 3.8) is 0 Å². The summed E-state index contributed by atoms with van der Waals surface area (Å²) in [5.74, 6) is 0.806. The van der Waals surface area contributed by atoms with E-state index < -0.39 is 0 Å². The Labute approximate surface area is 169 Å². The molecule has 2 fully saturated rings. The van der Waals surface area contributed by atoms with Crippen LogP contribution in [0.2, 0.25) is 0 Å². The molecule has 2 aromatic rings. The Morgan fingerprint density at radius 2 is 1.65 bits per heavy atom. The first kappa shape index (κ1) is 21.1. The van der Waals surface area contributed by atoms with Crippen LogP contribution < -0.4 is 0 Å². The summed E-state index contributed by atoms with van der Waals surface area (Å²) in [4.78, 5) is 11.7. The molecule has 4 rings (SSSR count). The quantitative estimate of drug-likeness (QED) is 0.722. The molecule has 0 aromatic carbocycles. The molecule has 1 aliphatic heterocycles. The molecule has 3 heterocycles. The third-order valence-electron chi connectivity index (χ3n) is 5.87. The third kappa shape index (κ3) is 4.76. The molecule has 2 aliphatic rings. The van der Waals surface area contributed by atoms with Crippen LogP contribution in [0, 0.1) is 12.8 Å². The molecule has 1 aliphatic carbocycles. The third-order valence-corrected chi connectivity index (χ3v) is 5.87.